The van der Waals surface area contributed by atoms with Gasteiger partial charge in [-0.25, -0.2) is 4.39 Å². The zero-order valence-electron chi connectivity index (χ0n) is 17.8. The lowest BCUT2D eigenvalue weighted by Crippen LogP contribution is -2.16. The van der Waals surface area contributed by atoms with Gasteiger partial charge in [0.05, 0.1) is 38.9 Å². The van der Waals surface area contributed by atoms with Gasteiger partial charge in [-0.15, -0.1) is 11.8 Å². The SMILES string of the molecule is COc1cc(C(=O)/C(=C/c2c[nH]c3ccc(F)cc23)SCC(O)CO)cc(OC)c1OC. The summed E-state index contributed by atoms with van der Waals surface area (Å²) in [6.45, 7) is -0.434. The second kappa shape index (κ2) is 10.5. The molecule has 0 radical (unpaired) electrons. The van der Waals surface area contributed by atoms with E-state index in [1.54, 1.807) is 18.3 Å². The maximum atomic E-state index is 13.8. The Bertz CT molecular complexity index is 1120. The Morgan fingerprint density at radius 1 is 1.16 bits per heavy atom. The zero-order valence-corrected chi connectivity index (χ0v) is 18.7. The molecule has 0 saturated heterocycles. The van der Waals surface area contributed by atoms with Crippen molar-refractivity contribution >= 4 is 34.5 Å². The molecule has 0 aliphatic rings. The number of aliphatic hydroxyl groups is 2. The predicted octanol–water partition coefficient (Wildman–Crippen LogP) is 3.64. The molecule has 1 heterocycles. The molecule has 170 valence electrons. The Balaban J connectivity index is 2.08. The Kier molecular flexibility index (Phi) is 7.79. The molecule has 9 heteroatoms. The van der Waals surface area contributed by atoms with Gasteiger partial charge in [0, 0.05) is 34.0 Å². The highest BCUT2D eigenvalue weighted by Gasteiger charge is 2.21. The number of carbonyl (C=O) groups is 1. The van der Waals surface area contributed by atoms with Crippen LogP contribution in [0.1, 0.15) is 15.9 Å². The first-order valence-electron chi connectivity index (χ1n) is 9.66. The average Bonchev–Trinajstić information content (AvgIpc) is 3.21. The van der Waals surface area contributed by atoms with Gasteiger partial charge in [-0.3, -0.25) is 4.79 Å². The molecule has 3 N–H and O–H groups in total. The van der Waals surface area contributed by atoms with Crippen molar-refractivity contribution in [2.75, 3.05) is 33.7 Å². The first kappa shape index (κ1) is 23.6. The monoisotopic (exact) mass is 461 g/mol. The van der Waals surface area contributed by atoms with Crippen molar-refractivity contribution in [1.29, 1.82) is 0 Å². The Hall–Kier alpha value is -3.01. The van der Waals surface area contributed by atoms with Crippen LogP contribution in [-0.2, 0) is 0 Å². The van der Waals surface area contributed by atoms with Crippen LogP contribution in [0.5, 0.6) is 17.2 Å². The van der Waals surface area contributed by atoms with E-state index in [0.717, 1.165) is 17.3 Å². The molecule has 2 aromatic carbocycles. The number of H-pyrrole nitrogens is 1. The van der Waals surface area contributed by atoms with E-state index in [0.29, 0.717) is 28.2 Å². The highest BCUT2D eigenvalue weighted by molar-refractivity contribution is 8.04. The van der Waals surface area contributed by atoms with Crippen LogP contribution in [-0.4, -0.2) is 60.8 Å². The summed E-state index contributed by atoms with van der Waals surface area (Å²) in [6, 6.07) is 7.42. The van der Waals surface area contributed by atoms with Crippen molar-refractivity contribution in [2.45, 2.75) is 6.10 Å². The number of nitrogens with one attached hydrogen (secondary N) is 1. The number of ether oxygens (including phenoxy) is 3. The standard InChI is InChI=1S/C23H24FNO6S/c1-29-19-6-13(7-20(30-2)23(19)31-3)22(28)21(32-12-16(27)11-26)8-14-10-25-18-5-4-15(24)9-17(14)18/h4-10,16,25-27H,11-12H2,1-3H3/b21-8-. The number of carbonyl (C=O) groups excluding carboxylic acids is 1. The highest BCUT2D eigenvalue weighted by atomic mass is 32.2. The van der Waals surface area contributed by atoms with Crippen molar-refractivity contribution in [2.24, 2.45) is 0 Å². The number of rotatable bonds is 10. The number of ketones is 1. The number of thioether (sulfide) groups is 1. The molecule has 0 spiro atoms. The molecule has 0 fully saturated rings. The van der Waals surface area contributed by atoms with Crippen LogP contribution in [0.25, 0.3) is 17.0 Å². The van der Waals surface area contributed by atoms with Gasteiger partial charge in [0.2, 0.25) is 5.75 Å². The summed E-state index contributed by atoms with van der Waals surface area (Å²) >= 11 is 1.09. The number of aromatic nitrogens is 1. The molecule has 32 heavy (non-hydrogen) atoms. The van der Waals surface area contributed by atoms with Crippen LogP contribution in [0.3, 0.4) is 0 Å². The summed E-state index contributed by atoms with van der Waals surface area (Å²) in [5, 5.41) is 19.6. The Morgan fingerprint density at radius 2 is 1.84 bits per heavy atom. The third-order valence-electron chi connectivity index (χ3n) is 4.76. The molecule has 3 rings (SSSR count). The number of fused-ring (bicyclic) bond motifs is 1. The number of halogens is 1. The number of allylic oxidation sites excluding steroid dienone is 1. The van der Waals surface area contributed by atoms with Gasteiger partial charge < -0.3 is 29.4 Å². The van der Waals surface area contributed by atoms with Gasteiger partial charge >= 0.3 is 0 Å². The van der Waals surface area contributed by atoms with Gasteiger partial charge in [0.25, 0.3) is 0 Å². The lowest BCUT2D eigenvalue weighted by molar-refractivity contribution is 0.104. The van der Waals surface area contributed by atoms with Gasteiger partial charge in [0.1, 0.15) is 5.82 Å². The van der Waals surface area contributed by atoms with E-state index in [1.165, 1.54) is 45.6 Å². The van der Waals surface area contributed by atoms with E-state index < -0.39 is 18.5 Å². The highest BCUT2D eigenvalue weighted by Crippen LogP contribution is 2.39. The van der Waals surface area contributed by atoms with E-state index >= 15 is 0 Å². The van der Waals surface area contributed by atoms with Crippen molar-refractivity contribution in [3.05, 3.63) is 58.4 Å². The fraction of sp³-hybridized carbons (Fsp3) is 0.261. The summed E-state index contributed by atoms with van der Waals surface area (Å²) in [5.41, 5.74) is 1.61. The van der Waals surface area contributed by atoms with Crippen LogP contribution in [0.2, 0.25) is 0 Å². The topological polar surface area (TPSA) is 101 Å². The fourth-order valence-electron chi connectivity index (χ4n) is 3.14. The first-order valence-corrected chi connectivity index (χ1v) is 10.6. The number of hydrogen-bond donors (Lipinski definition) is 3. The number of hydrogen-bond acceptors (Lipinski definition) is 7. The van der Waals surface area contributed by atoms with Crippen molar-refractivity contribution in [3.63, 3.8) is 0 Å². The normalized spacial score (nSPS) is 12.6. The molecule has 0 aliphatic carbocycles. The van der Waals surface area contributed by atoms with Crippen LogP contribution >= 0.6 is 11.8 Å². The molecule has 0 amide bonds. The van der Waals surface area contributed by atoms with Gasteiger partial charge in [-0.1, -0.05) is 0 Å². The first-order chi connectivity index (χ1) is 15.4. The minimum Gasteiger partial charge on any atom is -0.493 e. The second-order valence-corrected chi connectivity index (χ2v) is 7.89. The number of aromatic amines is 1. The molecule has 1 atom stereocenters. The minimum absolute atomic E-state index is 0.0925. The third kappa shape index (κ3) is 5.07. The Morgan fingerprint density at radius 3 is 2.44 bits per heavy atom. The maximum absolute atomic E-state index is 13.8. The molecular weight excluding hydrogens is 437 g/mol. The lowest BCUT2D eigenvalue weighted by Gasteiger charge is -2.15. The van der Waals surface area contributed by atoms with Gasteiger partial charge in [0.15, 0.2) is 17.3 Å². The van der Waals surface area contributed by atoms with E-state index in [-0.39, 0.29) is 22.0 Å². The molecule has 0 bridgehead atoms. The van der Waals surface area contributed by atoms with E-state index in [4.69, 9.17) is 19.3 Å². The van der Waals surface area contributed by atoms with E-state index in [9.17, 15) is 14.3 Å². The van der Waals surface area contributed by atoms with Gasteiger partial charge in [-0.2, -0.15) is 0 Å². The van der Waals surface area contributed by atoms with E-state index in [2.05, 4.69) is 4.98 Å². The summed E-state index contributed by atoms with van der Waals surface area (Å²) in [5.74, 6) is 0.341. The van der Waals surface area contributed by atoms with Crippen LogP contribution in [0, 0.1) is 5.82 Å². The van der Waals surface area contributed by atoms with Crippen molar-refractivity contribution in [1.82, 2.24) is 4.98 Å². The second-order valence-electron chi connectivity index (χ2n) is 6.83. The fourth-order valence-corrected chi connectivity index (χ4v) is 4.08. The third-order valence-corrected chi connectivity index (χ3v) is 5.92. The molecule has 7 nitrogen and oxygen atoms in total. The summed E-state index contributed by atoms with van der Waals surface area (Å²) in [7, 11) is 4.37. The molecule has 1 unspecified atom stereocenters. The minimum atomic E-state index is -1.00. The van der Waals surface area contributed by atoms with Crippen LogP contribution in [0.15, 0.2) is 41.4 Å². The molecule has 0 aliphatic heterocycles. The van der Waals surface area contributed by atoms with Crippen LogP contribution in [0.4, 0.5) is 4.39 Å². The quantitative estimate of drug-likeness (QED) is 0.313. The Labute approximate surface area is 188 Å². The molecule has 3 aromatic rings. The number of methoxy groups -OCH3 is 3. The number of Topliss-reactive ketones (excluding diaryl/α,β-unsaturated/α-hetero) is 1. The maximum Gasteiger partial charge on any atom is 0.203 e. The lowest BCUT2D eigenvalue weighted by atomic mass is 10.1. The average molecular weight is 462 g/mol. The van der Waals surface area contributed by atoms with Gasteiger partial charge in [-0.05, 0) is 36.4 Å². The zero-order chi connectivity index (χ0) is 23.3. The van der Waals surface area contributed by atoms with E-state index in [1.807, 2.05) is 0 Å². The summed E-state index contributed by atoms with van der Waals surface area (Å²) < 4.78 is 29.8. The van der Waals surface area contributed by atoms with Crippen molar-refractivity contribution in [3.8, 4) is 17.2 Å². The molecule has 0 saturated carbocycles. The van der Waals surface area contributed by atoms with Crippen LogP contribution < -0.4 is 14.2 Å². The number of benzene rings is 2. The molecule has 1 aromatic heterocycles. The largest absolute Gasteiger partial charge is 0.493 e. The summed E-state index contributed by atoms with van der Waals surface area (Å²) in [6.07, 6.45) is 2.30. The van der Waals surface area contributed by atoms with Crippen molar-refractivity contribution < 1.29 is 33.6 Å². The smallest absolute Gasteiger partial charge is 0.203 e. The predicted molar refractivity (Wildman–Crippen MR) is 122 cm³/mol. The number of aliphatic hydroxyl groups excluding tert-OH is 2. The summed E-state index contributed by atoms with van der Waals surface area (Å²) in [4.78, 5) is 16.8. The molecular formula is C23H24FNO6S.